The number of para-hydroxylation sites is 1. The summed E-state index contributed by atoms with van der Waals surface area (Å²) < 4.78 is 5.39. The minimum absolute atomic E-state index is 0.853. The molecule has 2 aromatic rings. The highest BCUT2D eigenvalue weighted by molar-refractivity contribution is 5.85. The molecule has 94 valence electrons. The maximum absolute atomic E-state index is 5.39. The highest BCUT2D eigenvalue weighted by Gasteiger charge is 2.13. The number of fused-ring (bicyclic) bond motifs is 1. The molecule has 0 aliphatic carbocycles. The Labute approximate surface area is 107 Å². The van der Waals surface area contributed by atoms with E-state index in [9.17, 15) is 0 Å². The summed E-state index contributed by atoms with van der Waals surface area (Å²) in [5.41, 5.74) is 0.961. The van der Waals surface area contributed by atoms with Crippen LogP contribution >= 0.6 is 0 Å². The Morgan fingerprint density at radius 1 is 1.06 bits per heavy atom. The van der Waals surface area contributed by atoms with E-state index in [1.165, 1.54) is 19.3 Å². The normalized spacial score (nSPS) is 15.9. The quantitative estimate of drug-likeness (QED) is 0.808. The van der Waals surface area contributed by atoms with Gasteiger partial charge in [0.25, 0.3) is 0 Å². The lowest BCUT2D eigenvalue weighted by molar-refractivity contribution is 0.419. The van der Waals surface area contributed by atoms with Crippen LogP contribution in [0.3, 0.4) is 0 Å². The van der Waals surface area contributed by atoms with E-state index in [0.29, 0.717) is 0 Å². The van der Waals surface area contributed by atoms with Gasteiger partial charge in [0, 0.05) is 18.5 Å². The van der Waals surface area contributed by atoms with Crippen molar-refractivity contribution < 1.29 is 4.74 Å². The molecular formula is C15H18N2O. The number of piperidine rings is 1. The van der Waals surface area contributed by atoms with Gasteiger partial charge < -0.3 is 9.64 Å². The average Bonchev–Trinajstić information content (AvgIpc) is 2.47. The van der Waals surface area contributed by atoms with Gasteiger partial charge in [-0.25, -0.2) is 4.98 Å². The standard InChI is InChI=1S/C15H18N2O/c1-18-13-7-5-6-12-8-9-14(16-15(12)13)17-10-3-2-4-11-17/h5-9H,2-4,10-11H2,1H3. The van der Waals surface area contributed by atoms with E-state index in [1.807, 2.05) is 12.1 Å². The third-order valence-corrected chi connectivity index (χ3v) is 3.57. The first-order chi connectivity index (χ1) is 8.88. The number of pyridine rings is 1. The van der Waals surface area contributed by atoms with E-state index in [-0.39, 0.29) is 0 Å². The summed E-state index contributed by atoms with van der Waals surface area (Å²) in [5.74, 6) is 1.93. The van der Waals surface area contributed by atoms with Gasteiger partial charge in [-0.05, 0) is 37.5 Å². The van der Waals surface area contributed by atoms with Gasteiger partial charge in [0.15, 0.2) is 0 Å². The smallest absolute Gasteiger partial charge is 0.145 e. The number of methoxy groups -OCH3 is 1. The van der Waals surface area contributed by atoms with Crippen LogP contribution in [0.5, 0.6) is 5.75 Å². The van der Waals surface area contributed by atoms with Crippen molar-refractivity contribution in [1.29, 1.82) is 0 Å². The number of ether oxygens (including phenoxy) is 1. The second-order valence-electron chi connectivity index (χ2n) is 4.75. The van der Waals surface area contributed by atoms with Gasteiger partial charge in [-0.3, -0.25) is 0 Å². The first-order valence-electron chi connectivity index (χ1n) is 6.57. The van der Waals surface area contributed by atoms with Gasteiger partial charge >= 0.3 is 0 Å². The number of benzene rings is 1. The third kappa shape index (κ3) is 2.01. The lowest BCUT2D eigenvalue weighted by atomic mass is 10.1. The van der Waals surface area contributed by atoms with Crippen LogP contribution in [0, 0.1) is 0 Å². The van der Waals surface area contributed by atoms with E-state index in [0.717, 1.165) is 35.6 Å². The zero-order valence-electron chi connectivity index (χ0n) is 10.7. The van der Waals surface area contributed by atoms with Crippen LogP contribution in [0.15, 0.2) is 30.3 Å². The molecule has 0 unspecified atom stereocenters. The molecule has 0 radical (unpaired) electrons. The van der Waals surface area contributed by atoms with E-state index in [2.05, 4.69) is 23.1 Å². The maximum Gasteiger partial charge on any atom is 0.145 e. The summed E-state index contributed by atoms with van der Waals surface area (Å²) in [6.45, 7) is 2.24. The van der Waals surface area contributed by atoms with E-state index >= 15 is 0 Å². The number of rotatable bonds is 2. The van der Waals surface area contributed by atoms with Crippen molar-refractivity contribution in [1.82, 2.24) is 4.98 Å². The van der Waals surface area contributed by atoms with Crippen molar-refractivity contribution in [2.24, 2.45) is 0 Å². The molecule has 0 bridgehead atoms. The lowest BCUT2D eigenvalue weighted by Crippen LogP contribution is -2.30. The first-order valence-corrected chi connectivity index (χ1v) is 6.57. The zero-order chi connectivity index (χ0) is 12.4. The summed E-state index contributed by atoms with van der Waals surface area (Å²) in [5, 5.41) is 1.13. The Morgan fingerprint density at radius 2 is 1.89 bits per heavy atom. The van der Waals surface area contributed by atoms with Crippen LogP contribution in [0.2, 0.25) is 0 Å². The predicted molar refractivity (Wildman–Crippen MR) is 74.4 cm³/mol. The summed E-state index contributed by atoms with van der Waals surface area (Å²) in [4.78, 5) is 7.14. The largest absolute Gasteiger partial charge is 0.494 e. The second-order valence-corrected chi connectivity index (χ2v) is 4.75. The molecule has 3 nitrogen and oxygen atoms in total. The van der Waals surface area contributed by atoms with Gasteiger partial charge in [-0.2, -0.15) is 0 Å². The number of hydrogen-bond donors (Lipinski definition) is 0. The van der Waals surface area contributed by atoms with Gasteiger partial charge in [-0.1, -0.05) is 12.1 Å². The minimum atomic E-state index is 0.853. The Bertz CT molecular complexity index is 547. The molecule has 1 aliphatic rings. The van der Waals surface area contributed by atoms with Gasteiger partial charge in [0.2, 0.25) is 0 Å². The fourth-order valence-electron chi connectivity index (χ4n) is 2.57. The number of nitrogens with zero attached hydrogens (tertiary/aromatic N) is 2. The Balaban J connectivity index is 2.03. The van der Waals surface area contributed by atoms with E-state index in [1.54, 1.807) is 7.11 Å². The molecule has 1 aromatic carbocycles. The monoisotopic (exact) mass is 242 g/mol. The maximum atomic E-state index is 5.39. The van der Waals surface area contributed by atoms with Crippen molar-refractivity contribution in [3.63, 3.8) is 0 Å². The zero-order valence-corrected chi connectivity index (χ0v) is 10.7. The fourth-order valence-corrected chi connectivity index (χ4v) is 2.57. The van der Waals surface area contributed by atoms with Crippen molar-refractivity contribution in [2.45, 2.75) is 19.3 Å². The van der Waals surface area contributed by atoms with Gasteiger partial charge in [0.05, 0.1) is 7.11 Å². The molecule has 1 fully saturated rings. The minimum Gasteiger partial charge on any atom is -0.494 e. The first kappa shape index (κ1) is 11.3. The molecule has 0 amide bonds. The van der Waals surface area contributed by atoms with Crippen LogP contribution in [0.4, 0.5) is 5.82 Å². The molecule has 1 aromatic heterocycles. The Hall–Kier alpha value is -1.77. The van der Waals surface area contributed by atoms with Crippen LogP contribution in [0.1, 0.15) is 19.3 Å². The van der Waals surface area contributed by atoms with Crippen LogP contribution in [-0.4, -0.2) is 25.2 Å². The van der Waals surface area contributed by atoms with Crippen molar-refractivity contribution in [3.8, 4) is 5.75 Å². The van der Waals surface area contributed by atoms with Gasteiger partial charge in [0.1, 0.15) is 17.1 Å². The molecule has 0 spiro atoms. The van der Waals surface area contributed by atoms with Gasteiger partial charge in [-0.15, -0.1) is 0 Å². The van der Waals surface area contributed by atoms with Crippen LogP contribution < -0.4 is 9.64 Å². The Morgan fingerprint density at radius 3 is 2.67 bits per heavy atom. The van der Waals surface area contributed by atoms with Crippen LogP contribution in [0.25, 0.3) is 10.9 Å². The summed E-state index contributed by atoms with van der Waals surface area (Å²) >= 11 is 0. The molecule has 2 heterocycles. The molecule has 1 aliphatic heterocycles. The summed E-state index contributed by atoms with van der Waals surface area (Å²) in [7, 11) is 1.70. The fraction of sp³-hybridized carbons (Fsp3) is 0.400. The lowest BCUT2D eigenvalue weighted by Gasteiger charge is -2.27. The van der Waals surface area contributed by atoms with Crippen LogP contribution in [-0.2, 0) is 0 Å². The topological polar surface area (TPSA) is 25.4 Å². The summed E-state index contributed by atoms with van der Waals surface area (Å²) in [6.07, 6.45) is 3.88. The van der Waals surface area contributed by atoms with Crippen molar-refractivity contribution in [2.75, 3.05) is 25.1 Å². The highest BCUT2D eigenvalue weighted by atomic mass is 16.5. The molecule has 3 heteroatoms. The highest BCUT2D eigenvalue weighted by Crippen LogP contribution is 2.27. The summed E-state index contributed by atoms with van der Waals surface area (Å²) in [6, 6.07) is 10.3. The van der Waals surface area contributed by atoms with E-state index in [4.69, 9.17) is 9.72 Å². The Kier molecular flexibility index (Phi) is 3.05. The number of anilines is 1. The average molecular weight is 242 g/mol. The van der Waals surface area contributed by atoms with Crippen molar-refractivity contribution in [3.05, 3.63) is 30.3 Å². The van der Waals surface area contributed by atoms with Crippen molar-refractivity contribution >= 4 is 16.7 Å². The SMILES string of the molecule is COc1cccc2ccc(N3CCCCC3)nc12. The molecule has 0 N–H and O–H groups in total. The third-order valence-electron chi connectivity index (χ3n) is 3.57. The second kappa shape index (κ2) is 4.84. The molecule has 0 atom stereocenters. The predicted octanol–water partition coefficient (Wildman–Crippen LogP) is 3.23. The number of hydrogen-bond acceptors (Lipinski definition) is 3. The molecule has 3 rings (SSSR count). The molecule has 18 heavy (non-hydrogen) atoms. The number of aromatic nitrogens is 1. The van der Waals surface area contributed by atoms with E-state index < -0.39 is 0 Å². The molecular weight excluding hydrogens is 224 g/mol. The molecule has 1 saturated heterocycles. The molecule has 0 saturated carbocycles.